The van der Waals surface area contributed by atoms with Gasteiger partial charge in [0.05, 0.1) is 17.6 Å². The van der Waals surface area contributed by atoms with Crippen molar-refractivity contribution in [3.63, 3.8) is 0 Å². The van der Waals surface area contributed by atoms with Gasteiger partial charge < -0.3 is 15.6 Å². The quantitative estimate of drug-likeness (QED) is 0.468. The van der Waals surface area contributed by atoms with Gasteiger partial charge in [0.25, 0.3) is 0 Å². The van der Waals surface area contributed by atoms with Gasteiger partial charge in [-0.05, 0) is 30.7 Å². The lowest BCUT2D eigenvalue weighted by atomic mass is 10.2. The van der Waals surface area contributed by atoms with E-state index < -0.39 is 0 Å². The Balaban J connectivity index is 1.58. The van der Waals surface area contributed by atoms with Crippen molar-refractivity contribution in [1.82, 2.24) is 20.6 Å². The van der Waals surface area contributed by atoms with Crippen molar-refractivity contribution >= 4 is 28.6 Å². The SMILES string of the molecule is CCNC(=NCc1ccccc1Cl)NCCc1nc2ccccc2[nH]1. The van der Waals surface area contributed by atoms with E-state index in [1.54, 1.807) is 0 Å². The van der Waals surface area contributed by atoms with E-state index in [2.05, 4.69) is 25.6 Å². The van der Waals surface area contributed by atoms with E-state index in [4.69, 9.17) is 11.6 Å². The molecule has 0 aliphatic heterocycles. The summed E-state index contributed by atoms with van der Waals surface area (Å²) < 4.78 is 0. The lowest BCUT2D eigenvalue weighted by Crippen LogP contribution is -2.38. The van der Waals surface area contributed by atoms with E-state index in [9.17, 15) is 0 Å². The Labute approximate surface area is 152 Å². The van der Waals surface area contributed by atoms with Crippen LogP contribution in [0.1, 0.15) is 18.3 Å². The van der Waals surface area contributed by atoms with Gasteiger partial charge in [-0.1, -0.05) is 41.9 Å². The maximum atomic E-state index is 6.19. The number of benzene rings is 2. The number of aromatic nitrogens is 2. The number of nitrogens with zero attached hydrogens (tertiary/aromatic N) is 2. The Hall–Kier alpha value is -2.53. The summed E-state index contributed by atoms with van der Waals surface area (Å²) in [6, 6.07) is 15.8. The minimum Gasteiger partial charge on any atom is -0.357 e. The number of nitrogens with one attached hydrogen (secondary N) is 3. The number of guanidine groups is 1. The zero-order valence-electron chi connectivity index (χ0n) is 14.2. The van der Waals surface area contributed by atoms with E-state index in [1.165, 1.54) is 0 Å². The molecule has 0 saturated carbocycles. The third-order valence-corrected chi connectivity index (χ3v) is 4.17. The van der Waals surface area contributed by atoms with Crippen molar-refractivity contribution < 1.29 is 0 Å². The molecule has 0 atom stereocenters. The minimum atomic E-state index is 0.541. The summed E-state index contributed by atoms with van der Waals surface area (Å²) >= 11 is 6.19. The highest BCUT2D eigenvalue weighted by Crippen LogP contribution is 2.15. The van der Waals surface area contributed by atoms with E-state index in [0.29, 0.717) is 6.54 Å². The molecular weight excluding hydrogens is 334 g/mol. The van der Waals surface area contributed by atoms with E-state index in [-0.39, 0.29) is 0 Å². The molecule has 3 N–H and O–H groups in total. The summed E-state index contributed by atoms with van der Waals surface area (Å²) in [5, 5.41) is 7.33. The molecule has 0 aliphatic carbocycles. The Kier molecular flexibility index (Phi) is 5.90. The predicted molar refractivity (Wildman–Crippen MR) is 104 cm³/mol. The highest BCUT2D eigenvalue weighted by Gasteiger charge is 2.03. The summed E-state index contributed by atoms with van der Waals surface area (Å²) in [4.78, 5) is 12.5. The molecular formula is C19H22ClN5. The summed E-state index contributed by atoms with van der Waals surface area (Å²) in [5.74, 6) is 1.74. The molecule has 0 unspecified atom stereocenters. The summed E-state index contributed by atoms with van der Waals surface area (Å²) in [6.45, 7) is 4.14. The third kappa shape index (κ3) is 4.73. The number of aliphatic imine (C=N–C) groups is 1. The molecule has 3 rings (SSSR count). The van der Waals surface area contributed by atoms with E-state index >= 15 is 0 Å². The van der Waals surface area contributed by atoms with Crippen LogP contribution in [0.5, 0.6) is 0 Å². The number of H-pyrrole nitrogens is 1. The zero-order chi connectivity index (χ0) is 17.5. The van der Waals surface area contributed by atoms with Crippen LogP contribution in [0.2, 0.25) is 5.02 Å². The Morgan fingerprint density at radius 1 is 1.12 bits per heavy atom. The lowest BCUT2D eigenvalue weighted by Gasteiger charge is -2.11. The van der Waals surface area contributed by atoms with Crippen molar-refractivity contribution in [2.45, 2.75) is 19.9 Å². The van der Waals surface area contributed by atoms with Crippen LogP contribution in [0.25, 0.3) is 11.0 Å². The van der Waals surface area contributed by atoms with Crippen LogP contribution in [0.3, 0.4) is 0 Å². The molecule has 1 aromatic heterocycles. The maximum absolute atomic E-state index is 6.19. The van der Waals surface area contributed by atoms with E-state index in [1.807, 2.05) is 55.5 Å². The van der Waals surface area contributed by atoms with Gasteiger partial charge >= 0.3 is 0 Å². The molecule has 0 spiro atoms. The minimum absolute atomic E-state index is 0.541. The molecule has 2 aromatic carbocycles. The number of imidazole rings is 1. The van der Waals surface area contributed by atoms with Crippen LogP contribution in [-0.4, -0.2) is 29.0 Å². The fraction of sp³-hybridized carbons (Fsp3) is 0.263. The van der Waals surface area contributed by atoms with Crippen LogP contribution < -0.4 is 10.6 Å². The lowest BCUT2D eigenvalue weighted by molar-refractivity contribution is 0.780. The first kappa shape index (κ1) is 17.3. The van der Waals surface area contributed by atoms with Crippen LogP contribution in [-0.2, 0) is 13.0 Å². The molecule has 0 saturated heterocycles. The number of fused-ring (bicyclic) bond motifs is 1. The third-order valence-electron chi connectivity index (χ3n) is 3.80. The van der Waals surface area contributed by atoms with Gasteiger partial charge in [0, 0.05) is 24.5 Å². The number of aromatic amines is 1. The average Bonchev–Trinajstić information content (AvgIpc) is 3.03. The molecule has 5 nitrogen and oxygen atoms in total. The van der Waals surface area contributed by atoms with Crippen LogP contribution >= 0.6 is 11.6 Å². The first-order valence-electron chi connectivity index (χ1n) is 8.45. The fourth-order valence-corrected chi connectivity index (χ4v) is 2.75. The summed E-state index contributed by atoms with van der Waals surface area (Å²) in [7, 11) is 0. The topological polar surface area (TPSA) is 65.1 Å². The van der Waals surface area contributed by atoms with Crippen LogP contribution in [0.4, 0.5) is 0 Å². The van der Waals surface area contributed by atoms with Gasteiger partial charge in [0.15, 0.2) is 5.96 Å². The van der Waals surface area contributed by atoms with Crippen molar-refractivity contribution in [2.24, 2.45) is 4.99 Å². The number of halogens is 1. The van der Waals surface area contributed by atoms with Gasteiger partial charge in [-0.25, -0.2) is 9.98 Å². The Morgan fingerprint density at radius 2 is 1.92 bits per heavy atom. The summed E-state index contributed by atoms with van der Waals surface area (Å²) in [5.41, 5.74) is 3.08. The van der Waals surface area contributed by atoms with Gasteiger partial charge in [0.1, 0.15) is 5.82 Å². The highest BCUT2D eigenvalue weighted by atomic mass is 35.5. The molecule has 130 valence electrons. The number of para-hydroxylation sites is 2. The van der Waals surface area contributed by atoms with Crippen LogP contribution in [0, 0.1) is 0 Å². The standard InChI is InChI=1S/C19H22ClN5/c1-2-21-19(23-13-14-7-3-4-8-15(14)20)22-12-11-18-24-16-9-5-6-10-17(16)25-18/h3-10H,2,11-13H2,1H3,(H,24,25)(H2,21,22,23). The second-order valence-corrected chi connectivity index (χ2v) is 6.07. The molecule has 0 amide bonds. The normalized spacial score (nSPS) is 11.7. The van der Waals surface area contributed by atoms with Crippen molar-refractivity contribution in [1.29, 1.82) is 0 Å². The number of rotatable bonds is 6. The van der Waals surface area contributed by atoms with Gasteiger partial charge in [0.2, 0.25) is 0 Å². The highest BCUT2D eigenvalue weighted by molar-refractivity contribution is 6.31. The molecule has 0 fully saturated rings. The van der Waals surface area contributed by atoms with Crippen molar-refractivity contribution in [3.05, 3.63) is 64.9 Å². The second-order valence-electron chi connectivity index (χ2n) is 5.66. The maximum Gasteiger partial charge on any atom is 0.191 e. The molecule has 6 heteroatoms. The predicted octanol–water partition coefficient (Wildman–Crippen LogP) is 3.51. The molecule has 0 aliphatic rings. The zero-order valence-corrected chi connectivity index (χ0v) is 15.0. The van der Waals surface area contributed by atoms with E-state index in [0.717, 1.165) is 52.9 Å². The van der Waals surface area contributed by atoms with Crippen molar-refractivity contribution in [3.8, 4) is 0 Å². The largest absolute Gasteiger partial charge is 0.357 e. The van der Waals surface area contributed by atoms with Gasteiger partial charge in [-0.15, -0.1) is 0 Å². The van der Waals surface area contributed by atoms with Gasteiger partial charge in [-0.3, -0.25) is 0 Å². The molecule has 0 radical (unpaired) electrons. The molecule has 1 heterocycles. The molecule has 3 aromatic rings. The van der Waals surface area contributed by atoms with Crippen LogP contribution in [0.15, 0.2) is 53.5 Å². The first-order chi connectivity index (χ1) is 12.3. The monoisotopic (exact) mass is 355 g/mol. The fourth-order valence-electron chi connectivity index (χ4n) is 2.56. The van der Waals surface area contributed by atoms with Gasteiger partial charge in [-0.2, -0.15) is 0 Å². The smallest absolute Gasteiger partial charge is 0.191 e. The molecule has 25 heavy (non-hydrogen) atoms. The summed E-state index contributed by atoms with van der Waals surface area (Å²) in [6.07, 6.45) is 0.797. The van der Waals surface area contributed by atoms with Crippen molar-refractivity contribution in [2.75, 3.05) is 13.1 Å². The number of hydrogen-bond acceptors (Lipinski definition) is 2. The molecule has 0 bridgehead atoms. The Bertz CT molecular complexity index is 823. The Morgan fingerprint density at radius 3 is 2.72 bits per heavy atom. The number of hydrogen-bond donors (Lipinski definition) is 3. The average molecular weight is 356 g/mol. The first-order valence-corrected chi connectivity index (χ1v) is 8.83. The second kappa shape index (κ2) is 8.53.